The SMILES string of the molecule is C=C/C(F)=C\N=C(C)CCC.CCCCc1ccc(C(C)c2[nH]c3cc(F)c(Cl)cc3c2CCCC)cc1. The van der Waals surface area contributed by atoms with E-state index >= 15 is 0 Å². The number of hydrogen-bond acceptors (Lipinski definition) is 1. The minimum atomic E-state index is -0.388. The number of aromatic amines is 1. The third kappa shape index (κ3) is 9.23. The van der Waals surface area contributed by atoms with Gasteiger partial charge < -0.3 is 4.98 Å². The van der Waals surface area contributed by atoms with Gasteiger partial charge in [0.15, 0.2) is 0 Å². The van der Waals surface area contributed by atoms with E-state index in [2.05, 4.69) is 68.5 Å². The van der Waals surface area contributed by atoms with E-state index in [1.54, 1.807) is 6.07 Å². The Hall–Kier alpha value is -2.72. The number of unbranched alkanes of at least 4 members (excludes halogenated alkanes) is 2. The quantitative estimate of drug-likeness (QED) is 0.175. The fourth-order valence-electron chi connectivity index (χ4n) is 4.43. The van der Waals surface area contributed by atoms with Crippen LogP contribution in [0.4, 0.5) is 8.78 Å². The predicted molar refractivity (Wildman–Crippen MR) is 162 cm³/mol. The number of H-pyrrole nitrogens is 1. The molecule has 1 aromatic heterocycles. The molecule has 1 N–H and O–H groups in total. The topological polar surface area (TPSA) is 28.1 Å². The maximum atomic E-state index is 14.0. The fraction of sp³-hybridized carbons (Fsp3) is 0.424. The largest absolute Gasteiger partial charge is 0.358 e. The molecule has 1 heterocycles. The van der Waals surface area contributed by atoms with Crippen molar-refractivity contribution in [3.63, 3.8) is 0 Å². The van der Waals surface area contributed by atoms with Crippen molar-refractivity contribution in [1.29, 1.82) is 0 Å². The van der Waals surface area contributed by atoms with Crippen LogP contribution in [0, 0.1) is 5.82 Å². The van der Waals surface area contributed by atoms with Crippen molar-refractivity contribution in [3.05, 3.63) is 94.3 Å². The Morgan fingerprint density at radius 3 is 2.32 bits per heavy atom. The Morgan fingerprint density at radius 2 is 1.71 bits per heavy atom. The van der Waals surface area contributed by atoms with Gasteiger partial charge in [-0.1, -0.05) is 89.4 Å². The first-order chi connectivity index (χ1) is 18.2. The average molecular weight is 541 g/mol. The number of aromatic nitrogens is 1. The van der Waals surface area contributed by atoms with E-state index in [0.29, 0.717) is 0 Å². The summed E-state index contributed by atoms with van der Waals surface area (Å²) in [6, 6.07) is 12.3. The monoisotopic (exact) mass is 540 g/mol. The first kappa shape index (κ1) is 31.5. The molecule has 2 nitrogen and oxygen atoms in total. The van der Waals surface area contributed by atoms with E-state index in [4.69, 9.17) is 11.6 Å². The van der Waals surface area contributed by atoms with Crippen LogP contribution in [0.2, 0.25) is 5.02 Å². The molecule has 0 amide bonds. The van der Waals surface area contributed by atoms with Crippen molar-refractivity contribution in [2.45, 2.75) is 91.9 Å². The highest BCUT2D eigenvalue weighted by molar-refractivity contribution is 6.31. The Kier molecular flexibility index (Phi) is 13.5. The number of nitrogens with one attached hydrogen (secondary N) is 1. The minimum Gasteiger partial charge on any atom is -0.358 e. The predicted octanol–water partition coefficient (Wildman–Crippen LogP) is 11.0. The van der Waals surface area contributed by atoms with Crippen LogP contribution in [0.3, 0.4) is 0 Å². The third-order valence-electron chi connectivity index (χ3n) is 6.71. The number of allylic oxidation sites excluding steroid dienone is 2. The van der Waals surface area contributed by atoms with Crippen LogP contribution in [-0.2, 0) is 12.8 Å². The molecule has 38 heavy (non-hydrogen) atoms. The summed E-state index contributed by atoms with van der Waals surface area (Å²) < 4.78 is 26.3. The van der Waals surface area contributed by atoms with Gasteiger partial charge in [0.25, 0.3) is 0 Å². The Labute approximate surface area is 232 Å². The first-order valence-electron chi connectivity index (χ1n) is 13.8. The lowest BCUT2D eigenvalue weighted by molar-refractivity contribution is 0.630. The van der Waals surface area contributed by atoms with Gasteiger partial charge in [0, 0.05) is 28.2 Å². The van der Waals surface area contributed by atoms with E-state index in [1.165, 1.54) is 47.5 Å². The lowest BCUT2D eigenvalue weighted by Gasteiger charge is -2.14. The number of nitrogens with zero attached hydrogens (tertiary/aromatic N) is 1. The number of halogens is 3. The summed E-state index contributed by atoms with van der Waals surface area (Å²) >= 11 is 6.07. The standard InChI is InChI=1S/C24H29ClFN.C9H14FN/c1-4-6-8-17-10-12-18(13-11-17)16(3)24-19(9-7-5-2)20-14-21(25)22(26)15-23(20)27-24;1-4-6-8(3)11-7-9(10)5-2/h10-16,27H,4-9H2,1-3H3;5,7H,2,4,6H2,1,3H3/b;9-7+,11-8?. The minimum absolute atomic E-state index is 0.193. The Morgan fingerprint density at radius 1 is 1.05 bits per heavy atom. The Bertz CT molecular complexity index is 1220. The fourth-order valence-corrected chi connectivity index (χ4v) is 4.59. The van der Waals surface area contributed by atoms with Crippen molar-refractivity contribution in [1.82, 2.24) is 4.98 Å². The number of aliphatic imine (C=N–C) groups is 1. The van der Waals surface area contributed by atoms with Crippen LogP contribution in [0.1, 0.15) is 101 Å². The van der Waals surface area contributed by atoms with E-state index in [1.807, 2.05) is 6.92 Å². The second-order valence-corrected chi connectivity index (χ2v) is 10.2. The highest BCUT2D eigenvalue weighted by Gasteiger charge is 2.19. The first-order valence-corrected chi connectivity index (χ1v) is 14.2. The summed E-state index contributed by atoms with van der Waals surface area (Å²) in [4.78, 5) is 7.38. The molecule has 3 rings (SSSR count). The Balaban J connectivity index is 0.000000391. The molecular weight excluding hydrogens is 498 g/mol. The van der Waals surface area contributed by atoms with E-state index < -0.39 is 0 Å². The molecule has 0 spiro atoms. The van der Waals surface area contributed by atoms with Crippen molar-refractivity contribution in [2.24, 2.45) is 4.99 Å². The van der Waals surface area contributed by atoms with Crippen LogP contribution < -0.4 is 0 Å². The lowest BCUT2D eigenvalue weighted by Crippen LogP contribution is -2.01. The van der Waals surface area contributed by atoms with E-state index in [0.717, 1.165) is 61.2 Å². The molecule has 5 heteroatoms. The van der Waals surface area contributed by atoms with Gasteiger partial charge in [-0.3, -0.25) is 4.99 Å². The number of hydrogen-bond donors (Lipinski definition) is 1. The van der Waals surface area contributed by atoms with Crippen LogP contribution in [0.25, 0.3) is 10.9 Å². The van der Waals surface area contributed by atoms with Gasteiger partial charge >= 0.3 is 0 Å². The molecule has 0 fully saturated rings. The summed E-state index contributed by atoms with van der Waals surface area (Å²) in [6.45, 7) is 13.9. The maximum absolute atomic E-state index is 14.0. The highest BCUT2D eigenvalue weighted by atomic mass is 35.5. The third-order valence-corrected chi connectivity index (χ3v) is 7.00. The molecule has 0 saturated heterocycles. The molecule has 3 aromatic rings. The van der Waals surface area contributed by atoms with Gasteiger partial charge in [0.2, 0.25) is 0 Å². The van der Waals surface area contributed by atoms with E-state index in [9.17, 15) is 8.78 Å². The molecule has 1 atom stereocenters. The van der Waals surface area contributed by atoms with Crippen LogP contribution in [0.5, 0.6) is 0 Å². The highest BCUT2D eigenvalue weighted by Crippen LogP contribution is 2.35. The maximum Gasteiger partial charge on any atom is 0.143 e. The summed E-state index contributed by atoms with van der Waals surface area (Å²) in [7, 11) is 0. The van der Waals surface area contributed by atoms with Gasteiger partial charge in [0.05, 0.1) is 11.2 Å². The van der Waals surface area contributed by atoms with Gasteiger partial charge in [0.1, 0.15) is 11.6 Å². The summed E-state index contributed by atoms with van der Waals surface area (Å²) in [6.07, 6.45) is 11.1. The molecule has 0 aliphatic heterocycles. The normalized spacial score (nSPS) is 12.8. The zero-order chi connectivity index (χ0) is 28.1. The van der Waals surface area contributed by atoms with Crippen LogP contribution >= 0.6 is 11.6 Å². The number of aryl methyl sites for hydroxylation is 2. The average Bonchev–Trinajstić information content (AvgIpc) is 3.26. The molecular formula is C33H43ClF2N2. The van der Waals surface area contributed by atoms with Crippen LogP contribution in [0.15, 0.2) is 66.1 Å². The second-order valence-electron chi connectivity index (χ2n) is 9.83. The molecule has 0 aliphatic rings. The van der Waals surface area contributed by atoms with Crippen LogP contribution in [-0.4, -0.2) is 10.7 Å². The number of rotatable bonds is 12. The van der Waals surface area contributed by atoms with Gasteiger partial charge in [-0.15, -0.1) is 0 Å². The summed E-state index contributed by atoms with van der Waals surface area (Å²) in [5, 5.41) is 1.25. The van der Waals surface area contributed by atoms with E-state index in [-0.39, 0.29) is 22.6 Å². The second kappa shape index (κ2) is 16.3. The van der Waals surface area contributed by atoms with Crippen molar-refractivity contribution in [3.8, 4) is 0 Å². The number of benzene rings is 2. The van der Waals surface area contributed by atoms with Gasteiger partial charge in [-0.25, -0.2) is 8.78 Å². The zero-order valence-electron chi connectivity index (χ0n) is 23.6. The number of fused-ring (bicyclic) bond motifs is 1. The summed E-state index contributed by atoms with van der Waals surface area (Å²) in [5.74, 6) is -0.529. The van der Waals surface area contributed by atoms with Gasteiger partial charge in [-0.2, -0.15) is 0 Å². The zero-order valence-corrected chi connectivity index (χ0v) is 24.4. The molecule has 206 valence electrons. The molecule has 0 radical (unpaired) electrons. The molecule has 0 bridgehead atoms. The van der Waals surface area contributed by atoms with Crippen molar-refractivity contribution < 1.29 is 8.78 Å². The van der Waals surface area contributed by atoms with Crippen molar-refractivity contribution in [2.75, 3.05) is 0 Å². The smallest absolute Gasteiger partial charge is 0.143 e. The summed E-state index contributed by atoms with van der Waals surface area (Å²) in [5.41, 5.74) is 6.92. The lowest BCUT2D eigenvalue weighted by atomic mass is 9.91. The molecule has 0 saturated carbocycles. The van der Waals surface area contributed by atoms with Crippen molar-refractivity contribution >= 4 is 28.2 Å². The van der Waals surface area contributed by atoms with Gasteiger partial charge in [-0.05, 0) is 73.9 Å². The molecule has 0 aliphatic carbocycles. The molecule has 2 aromatic carbocycles. The molecule has 1 unspecified atom stereocenters.